The lowest BCUT2D eigenvalue weighted by atomic mass is 10.0. The van der Waals surface area contributed by atoms with E-state index in [1.807, 2.05) is 6.07 Å². The summed E-state index contributed by atoms with van der Waals surface area (Å²) in [5.74, 6) is -0.381. The number of aliphatic hydroxyl groups excluding tert-OH is 2. The number of aliphatic hydroxyl groups is 2. The third-order valence-electron chi connectivity index (χ3n) is 3.86. The van der Waals surface area contributed by atoms with E-state index in [9.17, 15) is 14.6 Å². The summed E-state index contributed by atoms with van der Waals surface area (Å²) >= 11 is 0. The zero-order valence-corrected chi connectivity index (χ0v) is 11.3. The molecule has 1 saturated carbocycles. The molecule has 4 heteroatoms. The molecule has 3 nitrogen and oxygen atoms in total. The molecule has 0 heterocycles. The molecular weight excluding hydrogens is 245 g/mol. The Morgan fingerprint density at radius 2 is 2.05 bits per heavy atom. The third-order valence-corrected chi connectivity index (χ3v) is 3.86. The van der Waals surface area contributed by atoms with Crippen LogP contribution in [-0.4, -0.2) is 29.4 Å². The van der Waals surface area contributed by atoms with Gasteiger partial charge in [0.05, 0.1) is 12.7 Å². The van der Waals surface area contributed by atoms with E-state index in [1.54, 1.807) is 13.0 Å². The van der Waals surface area contributed by atoms with Crippen molar-refractivity contribution in [2.24, 2.45) is 0 Å². The molecule has 0 amide bonds. The van der Waals surface area contributed by atoms with Gasteiger partial charge in [0, 0.05) is 23.8 Å². The second-order valence-corrected chi connectivity index (χ2v) is 5.20. The zero-order chi connectivity index (χ0) is 13.8. The molecule has 0 unspecified atom stereocenters. The summed E-state index contributed by atoms with van der Waals surface area (Å²) in [4.78, 5) is 2.05. The lowest BCUT2D eigenvalue weighted by Gasteiger charge is -2.33. The Balaban J connectivity index is 2.37. The van der Waals surface area contributed by atoms with Crippen LogP contribution in [-0.2, 0) is 0 Å². The monoisotopic (exact) mass is 267 g/mol. The summed E-state index contributed by atoms with van der Waals surface area (Å²) in [7, 11) is 0. The topological polar surface area (TPSA) is 43.7 Å². The first-order valence-electron chi connectivity index (χ1n) is 6.99. The molecular formula is C15H22FNO2. The highest BCUT2D eigenvalue weighted by molar-refractivity contribution is 5.56. The average molecular weight is 267 g/mol. The Morgan fingerprint density at radius 3 is 2.63 bits per heavy atom. The van der Waals surface area contributed by atoms with Crippen molar-refractivity contribution in [1.29, 1.82) is 0 Å². The number of hydrogen-bond donors (Lipinski definition) is 2. The van der Waals surface area contributed by atoms with Crippen LogP contribution in [0.4, 0.5) is 10.1 Å². The van der Waals surface area contributed by atoms with Gasteiger partial charge in [-0.2, -0.15) is 0 Å². The number of benzene rings is 1. The minimum atomic E-state index is -0.848. The molecule has 19 heavy (non-hydrogen) atoms. The first kappa shape index (κ1) is 14.3. The molecule has 1 aromatic rings. The number of rotatable bonds is 5. The summed E-state index contributed by atoms with van der Waals surface area (Å²) in [5, 5.41) is 19.1. The fourth-order valence-corrected chi connectivity index (χ4v) is 3.01. The molecule has 1 aliphatic rings. The molecule has 1 aliphatic carbocycles. The van der Waals surface area contributed by atoms with Crippen molar-refractivity contribution in [3.8, 4) is 0 Å². The molecule has 0 aliphatic heterocycles. The van der Waals surface area contributed by atoms with Gasteiger partial charge in [0.15, 0.2) is 0 Å². The molecule has 1 fully saturated rings. The molecule has 0 aromatic heterocycles. The van der Waals surface area contributed by atoms with Crippen LogP contribution in [0.3, 0.4) is 0 Å². The van der Waals surface area contributed by atoms with Gasteiger partial charge in [-0.05, 0) is 31.9 Å². The number of halogens is 1. The predicted octanol–water partition coefficient (Wildman–Crippen LogP) is 2.62. The van der Waals surface area contributed by atoms with Gasteiger partial charge >= 0.3 is 0 Å². The van der Waals surface area contributed by atoms with E-state index in [1.165, 1.54) is 18.9 Å². The quantitative estimate of drug-likeness (QED) is 0.862. The van der Waals surface area contributed by atoms with Gasteiger partial charge in [0.25, 0.3) is 0 Å². The molecule has 106 valence electrons. The van der Waals surface area contributed by atoms with E-state index in [4.69, 9.17) is 0 Å². The highest BCUT2D eigenvalue weighted by Gasteiger charge is 2.26. The highest BCUT2D eigenvalue weighted by atomic mass is 19.1. The fourth-order valence-electron chi connectivity index (χ4n) is 3.01. The zero-order valence-electron chi connectivity index (χ0n) is 11.3. The maximum Gasteiger partial charge on any atom is 0.131 e. The van der Waals surface area contributed by atoms with Crippen LogP contribution in [0.5, 0.6) is 0 Å². The van der Waals surface area contributed by atoms with Gasteiger partial charge < -0.3 is 15.1 Å². The average Bonchev–Trinajstić information content (AvgIpc) is 2.88. The molecule has 0 bridgehead atoms. The van der Waals surface area contributed by atoms with Crippen molar-refractivity contribution in [1.82, 2.24) is 0 Å². The third kappa shape index (κ3) is 3.07. The van der Waals surface area contributed by atoms with Gasteiger partial charge in [0.2, 0.25) is 0 Å². The normalized spacial score (nSPS) is 17.7. The maximum atomic E-state index is 13.9. The molecule has 1 aromatic carbocycles. The standard InChI is InChI=1S/C15H22FNO2/c1-11(19)15-13(16)7-4-8-14(15)17(9-10-18)12-5-2-3-6-12/h4,7-8,11-12,18-19H,2-3,5-6,9-10H2,1H3/t11-/m1/s1. The number of hydrogen-bond acceptors (Lipinski definition) is 3. The van der Waals surface area contributed by atoms with Crippen LogP contribution in [0, 0.1) is 5.82 Å². The van der Waals surface area contributed by atoms with Gasteiger partial charge in [-0.15, -0.1) is 0 Å². The molecule has 1 atom stereocenters. The van der Waals surface area contributed by atoms with Crippen molar-refractivity contribution >= 4 is 5.69 Å². The van der Waals surface area contributed by atoms with Crippen LogP contribution in [0.1, 0.15) is 44.3 Å². The van der Waals surface area contributed by atoms with Crippen molar-refractivity contribution in [3.63, 3.8) is 0 Å². The van der Waals surface area contributed by atoms with Crippen LogP contribution in [0.2, 0.25) is 0 Å². The maximum absolute atomic E-state index is 13.9. The minimum Gasteiger partial charge on any atom is -0.395 e. The summed E-state index contributed by atoms with van der Waals surface area (Å²) in [6.07, 6.45) is 3.63. The van der Waals surface area contributed by atoms with Crippen molar-refractivity contribution < 1.29 is 14.6 Å². The lowest BCUT2D eigenvalue weighted by molar-refractivity contribution is 0.194. The van der Waals surface area contributed by atoms with Gasteiger partial charge in [-0.25, -0.2) is 4.39 Å². The fraction of sp³-hybridized carbons (Fsp3) is 0.600. The van der Waals surface area contributed by atoms with E-state index < -0.39 is 6.10 Å². The smallest absolute Gasteiger partial charge is 0.131 e. The second-order valence-electron chi connectivity index (χ2n) is 5.20. The van der Waals surface area contributed by atoms with E-state index in [0.29, 0.717) is 18.2 Å². The second kappa shape index (κ2) is 6.35. The van der Waals surface area contributed by atoms with E-state index in [-0.39, 0.29) is 12.4 Å². The minimum absolute atomic E-state index is 0.0340. The molecule has 2 N–H and O–H groups in total. The summed E-state index contributed by atoms with van der Waals surface area (Å²) < 4.78 is 13.9. The highest BCUT2D eigenvalue weighted by Crippen LogP contribution is 2.34. The first-order valence-corrected chi connectivity index (χ1v) is 6.99. The predicted molar refractivity (Wildman–Crippen MR) is 73.7 cm³/mol. The van der Waals surface area contributed by atoms with Crippen molar-refractivity contribution in [3.05, 3.63) is 29.6 Å². The first-order chi connectivity index (χ1) is 9.15. The SMILES string of the molecule is C[C@@H](O)c1c(F)cccc1N(CCO)C1CCCC1. The van der Waals surface area contributed by atoms with Crippen LogP contribution in [0.25, 0.3) is 0 Å². The Hall–Kier alpha value is -1.13. The Morgan fingerprint density at radius 1 is 1.37 bits per heavy atom. The van der Waals surface area contributed by atoms with Crippen LogP contribution < -0.4 is 4.90 Å². The van der Waals surface area contributed by atoms with Gasteiger partial charge in [-0.3, -0.25) is 0 Å². The van der Waals surface area contributed by atoms with Crippen LogP contribution in [0.15, 0.2) is 18.2 Å². The Labute approximate surface area is 113 Å². The molecule has 0 radical (unpaired) electrons. The Kier molecular flexibility index (Phi) is 4.77. The van der Waals surface area contributed by atoms with Crippen molar-refractivity contribution in [2.75, 3.05) is 18.1 Å². The summed E-state index contributed by atoms with van der Waals surface area (Å²) in [5.41, 5.74) is 1.05. The van der Waals surface area contributed by atoms with Gasteiger partial charge in [-0.1, -0.05) is 18.9 Å². The van der Waals surface area contributed by atoms with Gasteiger partial charge in [0.1, 0.15) is 5.82 Å². The summed E-state index contributed by atoms with van der Waals surface area (Å²) in [6.45, 7) is 2.09. The van der Waals surface area contributed by atoms with E-state index in [0.717, 1.165) is 18.5 Å². The van der Waals surface area contributed by atoms with Crippen molar-refractivity contribution in [2.45, 2.75) is 44.8 Å². The lowest BCUT2D eigenvalue weighted by Crippen LogP contribution is -2.36. The molecule has 0 saturated heterocycles. The largest absolute Gasteiger partial charge is 0.395 e. The summed E-state index contributed by atoms with van der Waals surface area (Å²) in [6, 6.07) is 5.21. The molecule has 0 spiro atoms. The van der Waals surface area contributed by atoms with E-state index >= 15 is 0 Å². The Bertz CT molecular complexity index is 417. The van der Waals surface area contributed by atoms with Crippen LogP contribution >= 0.6 is 0 Å². The number of nitrogens with zero attached hydrogens (tertiary/aromatic N) is 1. The molecule has 2 rings (SSSR count). The van der Waals surface area contributed by atoms with E-state index in [2.05, 4.69) is 4.90 Å². The number of anilines is 1.